The summed E-state index contributed by atoms with van der Waals surface area (Å²) in [5.74, 6) is 0.475. The molecule has 1 saturated carbocycles. The van der Waals surface area contributed by atoms with Crippen LogP contribution in [0.25, 0.3) is 0 Å². The van der Waals surface area contributed by atoms with Crippen molar-refractivity contribution in [3.63, 3.8) is 0 Å². The minimum absolute atomic E-state index is 0. The number of aliphatic imine (C=N–C) groups is 1. The number of nitrogens with zero attached hydrogens (tertiary/aromatic N) is 5. The van der Waals surface area contributed by atoms with E-state index in [1.54, 1.807) is 24.5 Å². The van der Waals surface area contributed by atoms with Crippen molar-refractivity contribution in [1.82, 2.24) is 19.7 Å². The van der Waals surface area contributed by atoms with E-state index in [-0.39, 0.29) is 14.6 Å². The van der Waals surface area contributed by atoms with Gasteiger partial charge >= 0.3 is 0 Å². The van der Waals surface area contributed by atoms with E-state index in [0.29, 0.717) is 45.3 Å². The summed E-state index contributed by atoms with van der Waals surface area (Å²) < 4.78 is 33.2. The number of ether oxygens (including phenoxy) is 1. The number of rotatable bonds is 14. The molecule has 1 aliphatic heterocycles. The Kier molecular flexibility index (Phi) is 13.1. The van der Waals surface area contributed by atoms with Gasteiger partial charge in [-0.15, -0.1) is 0 Å². The molecule has 0 atom stereocenters. The molecule has 11 nitrogen and oxygen atoms in total. The van der Waals surface area contributed by atoms with E-state index in [0.717, 1.165) is 70.1 Å². The molecule has 1 aromatic rings. The summed E-state index contributed by atoms with van der Waals surface area (Å²) in [5.41, 5.74) is 0.788. The fourth-order valence-electron chi connectivity index (χ4n) is 4.56. The monoisotopic (exact) mass is 539 g/mol. The zero-order valence-electron chi connectivity index (χ0n) is 21.7. The van der Waals surface area contributed by atoms with E-state index in [4.69, 9.17) is 14.8 Å². The lowest BCUT2D eigenvalue weighted by molar-refractivity contribution is -0.126. The van der Waals surface area contributed by atoms with Crippen molar-refractivity contribution in [1.29, 1.82) is 5.26 Å². The third kappa shape index (κ3) is 10.9. The zero-order valence-corrected chi connectivity index (χ0v) is 22.5. The highest BCUT2D eigenvalue weighted by Gasteiger charge is 2.32. The predicted molar refractivity (Wildman–Crippen MR) is 147 cm³/mol. The van der Waals surface area contributed by atoms with Crippen LogP contribution in [0.4, 0.5) is 5.69 Å². The summed E-state index contributed by atoms with van der Waals surface area (Å²) in [6.45, 7) is 4.77. The normalized spacial score (nSPS) is 18.0. The van der Waals surface area contributed by atoms with Crippen molar-refractivity contribution in [3.05, 3.63) is 24.5 Å². The molecular weight excluding hydrogens is 494 g/mol. The van der Waals surface area contributed by atoms with Crippen LogP contribution in [0.5, 0.6) is 0 Å². The number of nitriles is 1. The first kappa shape index (κ1) is 29.3. The van der Waals surface area contributed by atoms with E-state index in [1.807, 2.05) is 6.19 Å². The Labute approximate surface area is 224 Å². The number of nitrogens with one attached hydrogen (secondary N) is 2. The number of guanidine groups is 1. The van der Waals surface area contributed by atoms with Crippen LogP contribution in [-0.2, 0) is 19.6 Å². The smallest absolute Gasteiger partial charge is 0.236 e. The second-order valence-electron chi connectivity index (χ2n) is 9.39. The molecule has 2 heterocycles. The molecule has 2 aliphatic rings. The number of sulfonamides is 1. The summed E-state index contributed by atoms with van der Waals surface area (Å²) in [4.78, 5) is 16.6. The number of anilines is 1. The van der Waals surface area contributed by atoms with Crippen LogP contribution in [0, 0.1) is 11.5 Å². The molecule has 210 valence electrons. The molecule has 0 radical (unpaired) electrons. The summed E-state index contributed by atoms with van der Waals surface area (Å²) in [5, 5.41) is 14.6. The molecule has 12 heteroatoms. The highest BCUT2D eigenvalue weighted by Crippen LogP contribution is 2.26. The summed E-state index contributed by atoms with van der Waals surface area (Å²) in [6.07, 6.45) is 13.2. The fraction of sp³-hybridized carbons (Fsp3) is 0.720. The first-order valence-electron chi connectivity index (χ1n) is 13.4. The number of hydroxylamine groups is 1. The highest BCUT2D eigenvalue weighted by atomic mass is 32.2. The van der Waals surface area contributed by atoms with Crippen molar-refractivity contribution in [3.8, 4) is 6.19 Å². The van der Waals surface area contributed by atoms with Crippen molar-refractivity contribution in [2.75, 3.05) is 57.1 Å². The number of pyridine rings is 1. The van der Waals surface area contributed by atoms with Gasteiger partial charge in [-0.25, -0.2) is 8.42 Å². The Morgan fingerprint density at radius 1 is 1.19 bits per heavy atom. The minimum Gasteiger partial charge on any atom is -0.379 e. The topological polar surface area (TPSA) is 132 Å². The quantitative estimate of drug-likeness (QED) is 0.0913. The Morgan fingerprint density at radius 3 is 2.65 bits per heavy atom. The molecule has 1 aromatic heterocycles. The third-order valence-corrected chi connectivity index (χ3v) is 8.33. The van der Waals surface area contributed by atoms with Crippen LogP contribution in [0.2, 0.25) is 0 Å². The van der Waals surface area contributed by atoms with E-state index in [2.05, 4.69) is 25.5 Å². The molecule has 0 bridgehead atoms. The highest BCUT2D eigenvalue weighted by molar-refractivity contribution is 7.88. The number of unbranched alkanes of at least 4 members (excludes halogenated alkanes) is 3. The van der Waals surface area contributed by atoms with Gasteiger partial charge in [-0.2, -0.15) is 5.26 Å². The van der Waals surface area contributed by atoms with Gasteiger partial charge in [0, 0.05) is 47.1 Å². The number of morpholine rings is 1. The second-order valence-corrected chi connectivity index (χ2v) is 11.3. The SMILES string of the molecule is N#CNC(=NCCCCCCS(=O)(=O)N(OCCN1CCOCC1)C1CCCCC1)Nc1ccncc1.[HH].[HH]. The van der Waals surface area contributed by atoms with Gasteiger partial charge in [0.05, 0.1) is 31.6 Å². The molecule has 0 aromatic carbocycles. The predicted octanol–water partition coefficient (Wildman–Crippen LogP) is 3.20. The maximum atomic E-state index is 13.2. The summed E-state index contributed by atoms with van der Waals surface area (Å²) in [7, 11) is -3.49. The van der Waals surface area contributed by atoms with Gasteiger partial charge < -0.3 is 10.1 Å². The van der Waals surface area contributed by atoms with Crippen LogP contribution in [0.1, 0.15) is 60.6 Å². The first-order chi connectivity index (χ1) is 18.1. The Hall–Kier alpha value is -2.30. The molecule has 2 N–H and O–H groups in total. The molecule has 2 fully saturated rings. The van der Waals surface area contributed by atoms with E-state index < -0.39 is 10.0 Å². The lowest BCUT2D eigenvalue weighted by atomic mass is 9.96. The maximum Gasteiger partial charge on any atom is 0.236 e. The van der Waals surface area contributed by atoms with Crippen LogP contribution >= 0.6 is 0 Å². The van der Waals surface area contributed by atoms with Crippen molar-refractivity contribution >= 4 is 21.7 Å². The molecular formula is C25H45N7O4S. The van der Waals surface area contributed by atoms with E-state index in [1.165, 1.54) is 4.47 Å². The Morgan fingerprint density at radius 2 is 1.92 bits per heavy atom. The molecule has 0 unspecified atom stereocenters. The lowest BCUT2D eigenvalue weighted by Gasteiger charge is -2.33. The van der Waals surface area contributed by atoms with Crippen molar-refractivity contribution < 1.29 is 20.8 Å². The summed E-state index contributed by atoms with van der Waals surface area (Å²) in [6, 6.07) is 3.52. The van der Waals surface area contributed by atoms with Gasteiger partial charge in [-0.05, 0) is 37.8 Å². The van der Waals surface area contributed by atoms with Gasteiger partial charge in [0.1, 0.15) is 0 Å². The van der Waals surface area contributed by atoms with Gasteiger partial charge in [-0.1, -0.05) is 36.6 Å². The van der Waals surface area contributed by atoms with Crippen LogP contribution in [-0.4, -0.2) is 86.5 Å². The minimum atomic E-state index is -3.49. The Bertz CT molecular complexity index is 955. The average Bonchev–Trinajstić information content (AvgIpc) is 2.92. The van der Waals surface area contributed by atoms with Crippen molar-refractivity contribution in [2.24, 2.45) is 4.99 Å². The van der Waals surface area contributed by atoms with Gasteiger partial charge in [0.15, 0.2) is 6.19 Å². The number of aromatic nitrogens is 1. The summed E-state index contributed by atoms with van der Waals surface area (Å²) >= 11 is 0. The van der Waals surface area contributed by atoms with E-state index >= 15 is 0 Å². The largest absolute Gasteiger partial charge is 0.379 e. The van der Waals surface area contributed by atoms with Gasteiger partial charge in [0.2, 0.25) is 16.0 Å². The second kappa shape index (κ2) is 16.5. The van der Waals surface area contributed by atoms with Crippen LogP contribution in [0.15, 0.2) is 29.5 Å². The third-order valence-electron chi connectivity index (χ3n) is 6.57. The molecule has 1 aliphatic carbocycles. The zero-order chi connectivity index (χ0) is 26.2. The Balaban J connectivity index is 0.00000380. The standard InChI is InChI=1S/C25H41N7O4S.2H2/c26-22-29-25(30-23-10-13-27-14-11-23)28-12-6-1-2-7-21-37(33,34)32(24-8-4-3-5-9-24)36-20-17-31-15-18-35-19-16-31;;/h10-11,13-14,24H,1-9,12,15-21H2,(H2,27,28,29,30);2*1H. The maximum absolute atomic E-state index is 13.2. The van der Waals surface area contributed by atoms with Crippen molar-refractivity contribution in [2.45, 2.75) is 63.8 Å². The van der Waals surface area contributed by atoms with Gasteiger partial charge in [0.25, 0.3) is 0 Å². The molecule has 0 amide bonds. The molecule has 0 spiro atoms. The van der Waals surface area contributed by atoms with Crippen LogP contribution in [0.3, 0.4) is 0 Å². The average molecular weight is 540 g/mol. The molecule has 37 heavy (non-hydrogen) atoms. The van der Waals surface area contributed by atoms with E-state index in [9.17, 15) is 8.42 Å². The lowest BCUT2D eigenvalue weighted by Crippen LogP contribution is -2.45. The first-order valence-corrected chi connectivity index (χ1v) is 15.0. The fourth-order valence-corrected chi connectivity index (χ4v) is 6.20. The number of hydrogen-bond donors (Lipinski definition) is 2. The molecule has 1 saturated heterocycles. The number of hydrogen-bond acceptors (Lipinski definition) is 8. The molecule has 3 rings (SSSR count). The van der Waals surface area contributed by atoms with Gasteiger partial charge in [-0.3, -0.25) is 25.0 Å². The van der Waals surface area contributed by atoms with Crippen LogP contribution < -0.4 is 10.6 Å².